The molecule has 6 heterocycles. The lowest BCUT2D eigenvalue weighted by molar-refractivity contribution is 1.07. The van der Waals surface area contributed by atoms with Crippen molar-refractivity contribution >= 4 is 108 Å². The lowest BCUT2D eigenvalue weighted by Gasteiger charge is -2.33. The number of nitrogens with zero attached hydrogens (tertiary/aromatic N) is 8. The summed E-state index contributed by atoms with van der Waals surface area (Å²) in [5, 5.41) is 2.30. The molecule has 0 N–H and O–H groups in total. The van der Waals surface area contributed by atoms with E-state index in [9.17, 15) is 0 Å². The Kier molecular flexibility index (Phi) is 19.4. The molecule has 0 unspecified atom stereocenters. The molecule has 0 saturated carbocycles. The largest absolute Gasteiger partial charge is 0.308 e. The van der Waals surface area contributed by atoms with E-state index in [-0.39, 0.29) is 0 Å². The zero-order chi connectivity index (χ0) is 77.1. The Morgan fingerprint density at radius 1 is 0.172 bits per heavy atom. The number of aromatic nitrogens is 5. The number of rotatable bonds is 11. The molecule has 116 heavy (non-hydrogen) atoms. The van der Waals surface area contributed by atoms with Crippen LogP contribution in [-0.4, -0.2) is 24.9 Å². The van der Waals surface area contributed by atoms with Crippen LogP contribution in [0.15, 0.2) is 454 Å². The summed E-state index contributed by atoms with van der Waals surface area (Å²) in [4.78, 5) is 39.2. The molecule has 3 aromatic heterocycles. The Morgan fingerprint density at radius 3 is 0.948 bits per heavy atom. The second kappa shape index (κ2) is 31.8. The van der Waals surface area contributed by atoms with Gasteiger partial charge in [0.15, 0.2) is 17.5 Å². The molecule has 0 bridgehead atoms. The third kappa shape index (κ3) is 14.4. The first-order valence-electron chi connectivity index (χ1n) is 38.7. The van der Waals surface area contributed by atoms with Gasteiger partial charge in [0.25, 0.3) is 0 Å². The number of hydrogen-bond donors (Lipinski definition) is 0. The third-order valence-electron chi connectivity index (χ3n) is 21.0. The fourth-order valence-electron chi connectivity index (χ4n) is 15.3. The minimum Gasteiger partial charge on any atom is -0.308 e. The van der Waals surface area contributed by atoms with Gasteiger partial charge in [-0.15, -0.1) is 0 Å². The van der Waals surface area contributed by atoms with Crippen LogP contribution in [0.3, 0.4) is 0 Å². The topological polar surface area (TPSA) is 74.2 Å². The van der Waals surface area contributed by atoms with Gasteiger partial charge in [-0.05, 0) is 172 Å². The second-order valence-electron chi connectivity index (χ2n) is 28.3. The summed E-state index contributed by atoms with van der Waals surface area (Å²) in [6, 6.07) is 149. The number of para-hydroxylation sites is 5. The van der Waals surface area contributed by atoms with E-state index in [0.717, 1.165) is 89.7 Å². The molecule has 11 heteroatoms. The van der Waals surface area contributed by atoms with E-state index in [2.05, 4.69) is 367 Å². The van der Waals surface area contributed by atoms with Crippen molar-refractivity contribution in [3.05, 3.63) is 425 Å². The monoisotopic (exact) mass is 1540 g/mol. The molecule has 3 aliphatic rings. The molecule has 0 atom stereocenters. The first-order chi connectivity index (χ1) is 57.5. The van der Waals surface area contributed by atoms with Crippen LogP contribution in [0.1, 0.15) is 0 Å². The lowest BCUT2D eigenvalue weighted by Crippen LogP contribution is -2.16. The molecule has 0 amide bonds. The van der Waals surface area contributed by atoms with Crippen molar-refractivity contribution < 1.29 is 0 Å². The van der Waals surface area contributed by atoms with Gasteiger partial charge in [0.2, 0.25) is 0 Å². The van der Waals surface area contributed by atoms with Gasteiger partial charge in [0, 0.05) is 73.8 Å². The van der Waals surface area contributed by atoms with Crippen molar-refractivity contribution in [3.63, 3.8) is 0 Å². The Balaban J connectivity index is 0.000000113. The van der Waals surface area contributed by atoms with Crippen LogP contribution >= 0.6 is 35.3 Å². The predicted octanol–water partition coefficient (Wildman–Crippen LogP) is 29.5. The standard InChI is InChI=1S/C39H26N4S.2C33H22N2S/c1-4-13-27(14-5-1)30-23-24-34-36(26-30)44-35-22-11-10-21-33(35)43(34)32-20-12-19-31(25-32)39-41-37(28-15-6-2-7-16-28)40-38(42-39)29-17-8-3-9-18-29;1-2-9-23(10-3-1)25-18-20-31-33(22-25)36-32-16-7-6-15-30(32)35(31)27-13-8-12-26(21-27)29-19-17-24-11-4-5-14-28(24)34-29;1-2-8-23(9-3-1)24-14-16-25(17-15-24)27-18-20-30-32(22-27)36-31-13-7-6-12-29(31)35(30)33-21-19-26-10-4-5-11-28(26)34-33/h1-26H;2*1-22H. The van der Waals surface area contributed by atoms with Crippen LogP contribution in [-0.2, 0) is 0 Å². The SMILES string of the molecule is c1ccc(-c2ccc(-c3ccc4c(c3)Sc3ccccc3N4c3ccc4ccccc4n3)cc2)cc1.c1ccc(-c2ccc3c(c2)Sc2ccccc2N3c2cccc(-c3ccc4ccccc4n3)c2)cc1.c1ccc(-c2ccc3c(c2)Sc2ccccc2N3c2cccc(-c3nc(-c4ccccc4)nc(-c4ccccc4)n3)c2)cc1. The van der Waals surface area contributed by atoms with E-state index >= 15 is 0 Å². The number of hydrogen-bond acceptors (Lipinski definition) is 11. The summed E-state index contributed by atoms with van der Waals surface area (Å²) >= 11 is 5.48. The average molecular weight is 1540 g/mol. The minimum atomic E-state index is 0.638. The van der Waals surface area contributed by atoms with Gasteiger partial charge in [0.05, 0.1) is 50.9 Å². The quantitative estimate of drug-likeness (QED) is 0.124. The Bertz CT molecular complexity index is 6780. The van der Waals surface area contributed by atoms with Crippen LogP contribution in [0.4, 0.5) is 51.3 Å². The maximum Gasteiger partial charge on any atom is 0.164 e. The Morgan fingerprint density at radius 2 is 0.483 bits per heavy atom. The van der Waals surface area contributed by atoms with E-state index in [1.54, 1.807) is 0 Å². The lowest BCUT2D eigenvalue weighted by atomic mass is 10.00. The van der Waals surface area contributed by atoms with E-state index in [0.29, 0.717) is 17.5 Å². The van der Waals surface area contributed by atoms with Crippen LogP contribution in [0.25, 0.3) is 112 Å². The maximum atomic E-state index is 5.03. The van der Waals surface area contributed by atoms with E-state index < -0.39 is 0 Å². The highest BCUT2D eigenvalue weighted by atomic mass is 32.2. The second-order valence-corrected chi connectivity index (χ2v) is 31.6. The normalized spacial score (nSPS) is 12.2. The van der Waals surface area contributed by atoms with Crippen LogP contribution < -0.4 is 14.7 Å². The molecule has 0 aliphatic carbocycles. The molecule has 0 radical (unpaired) electrons. The van der Waals surface area contributed by atoms with Gasteiger partial charge in [-0.1, -0.05) is 333 Å². The third-order valence-corrected chi connectivity index (χ3v) is 24.3. The minimum absolute atomic E-state index is 0.638. The molecule has 3 aliphatic heterocycles. The molecule has 548 valence electrons. The summed E-state index contributed by atoms with van der Waals surface area (Å²) in [5.41, 5.74) is 25.9. The smallest absolute Gasteiger partial charge is 0.164 e. The van der Waals surface area contributed by atoms with Crippen molar-refractivity contribution in [2.75, 3.05) is 14.7 Å². The first-order valence-corrected chi connectivity index (χ1v) is 41.1. The molecule has 16 aromatic carbocycles. The molecule has 0 spiro atoms. The first kappa shape index (κ1) is 70.9. The summed E-state index contributed by atoms with van der Waals surface area (Å²) in [6.45, 7) is 0. The molecular formula is C105H70N8S3. The highest BCUT2D eigenvalue weighted by molar-refractivity contribution is 8.00. The van der Waals surface area contributed by atoms with Gasteiger partial charge in [-0.25, -0.2) is 24.9 Å². The maximum absolute atomic E-state index is 5.03. The van der Waals surface area contributed by atoms with Crippen molar-refractivity contribution in [1.82, 2.24) is 24.9 Å². The van der Waals surface area contributed by atoms with Crippen molar-refractivity contribution in [2.45, 2.75) is 29.4 Å². The zero-order valence-corrected chi connectivity index (χ0v) is 65.2. The van der Waals surface area contributed by atoms with E-state index in [1.165, 1.54) is 85.3 Å². The molecule has 0 saturated heterocycles. The predicted molar refractivity (Wildman–Crippen MR) is 483 cm³/mol. The summed E-state index contributed by atoms with van der Waals surface area (Å²) in [7, 11) is 0. The number of pyridine rings is 2. The van der Waals surface area contributed by atoms with Crippen molar-refractivity contribution in [3.8, 4) is 89.9 Å². The van der Waals surface area contributed by atoms with E-state index in [1.807, 2.05) is 108 Å². The molecule has 19 aromatic rings. The fourth-order valence-corrected chi connectivity index (χ4v) is 18.6. The van der Waals surface area contributed by atoms with Crippen molar-refractivity contribution in [1.29, 1.82) is 0 Å². The molecule has 8 nitrogen and oxygen atoms in total. The van der Waals surface area contributed by atoms with Gasteiger partial charge in [-0.3, -0.25) is 4.90 Å². The van der Waals surface area contributed by atoms with Crippen LogP contribution in [0.5, 0.6) is 0 Å². The summed E-state index contributed by atoms with van der Waals surface area (Å²) in [6.07, 6.45) is 0. The number of fused-ring (bicyclic) bond motifs is 8. The van der Waals surface area contributed by atoms with Gasteiger partial charge in [-0.2, -0.15) is 0 Å². The average Bonchev–Trinajstić information content (AvgIpc) is 0.760. The molecule has 22 rings (SSSR count). The van der Waals surface area contributed by atoms with Gasteiger partial charge in [0.1, 0.15) is 5.82 Å². The van der Waals surface area contributed by atoms with Crippen molar-refractivity contribution in [2.24, 2.45) is 0 Å². The fraction of sp³-hybridized carbons (Fsp3) is 0. The van der Waals surface area contributed by atoms with Crippen LogP contribution in [0.2, 0.25) is 0 Å². The highest BCUT2D eigenvalue weighted by Gasteiger charge is 2.30. The van der Waals surface area contributed by atoms with E-state index in [4.69, 9.17) is 24.9 Å². The molecular weight excluding hydrogens is 1470 g/mol. The zero-order valence-electron chi connectivity index (χ0n) is 62.7. The van der Waals surface area contributed by atoms with Crippen LogP contribution in [0, 0.1) is 0 Å². The van der Waals surface area contributed by atoms with Gasteiger partial charge >= 0.3 is 0 Å². The highest BCUT2D eigenvalue weighted by Crippen LogP contribution is 2.56. The van der Waals surface area contributed by atoms with Gasteiger partial charge < -0.3 is 9.80 Å². The molecule has 0 fully saturated rings. The number of benzene rings is 16. The Labute approximate surface area is 686 Å². The summed E-state index contributed by atoms with van der Waals surface area (Å²) in [5.74, 6) is 2.87. The number of anilines is 9. The Hall–Kier alpha value is -14.2. The summed E-state index contributed by atoms with van der Waals surface area (Å²) < 4.78 is 0.